The average Bonchev–Trinajstić information content (AvgIpc) is 2.33. The molecule has 0 aromatic carbocycles. The van der Waals surface area contributed by atoms with Crippen LogP contribution in [-0.2, 0) is 0 Å². The van der Waals surface area contributed by atoms with Crippen molar-refractivity contribution < 1.29 is 0 Å². The Morgan fingerprint density at radius 1 is 1.12 bits per heavy atom. The van der Waals surface area contributed by atoms with Crippen molar-refractivity contribution in [2.24, 2.45) is 5.92 Å². The molecule has 2 rings (SSSR count). The molecule has 1 aliphatic carbocycles. The Hall–Kier alpha value is -0.550. The second kappa shape index (κ2) is 5.40. The molecule has 1 unspecified atom stereocenters. The van der Waals surface area contributed by atoms with Crippen LogP contribution >= 0.6 is 0 Å². The lowest BCUT2D eigenvalue weighted by Crippen LogP contribution is -2.57. The van der Waals surface area contributed by atoms with E-state index in [0.717, 1.165) is 12.5 Å². The molecule has 2 aliphatic rings. The maximum absolute atomic E-state index is 8.98. The van der Waals surface area contributed by atoms with Crippen molar-refractivity contribution in [1.29, 1.82) is 5.26 Å². The highest BCUT2D eigenvalue weighted by Gasteiger charge is 2.41. The summed E-state index contributed by atoms with van der Waals surface area (Å²) in [7, 11) is 0. The van der Waals surface area contributed by atoms with Gasteiger partial charge in [-0.2, -0.15) is 5.26 Å². The fraction of sp³-hybridized carbons (Fsp3) is 0.933. The van der Waals surface area contributed by atoms with E-state index in [1.54, 1.807) is 0 Å². The summed E-state index contributed by atoms with van der Waals surface area (Å²) < 4.78 is 0. The predicted molar refractivity (Wildman–Crippen MR) is 70.6 cm³/mol. The molecule has 0 radical (unpaired) electrons. The van der Waals surface area contributed by atoms with Crippen molar-refractivity contribution >= 4 is 0 Å². The van der Waals surface area contributed by atoms with E-state index >= 15 is 0 Å². The van der Waals surface area contributed by atoms with Crippen LogP contribution in [0.1, 0.15) is 65.2 Å². The number of piperidine rings is 1. The van der Waals surface area contributed by atoms with E-state index in [2.05, 4.69) is 24.8 Å². The lowest BCUT2D eigenvalue weighted by molar-refractivity contribution is -0.0220. The molecule has 17 heavy (non-hydrogen) atoms. The fourth-order valence-corrected chi connectivity index (χ4v) is 3.89. The summed E-state index contributed by atoms with van der Waals surface area (Å²) in [5.74, 6) is 0.572. The zero-order valence-corrected chi connectivity index (χ0v) is 11.4. The zero-order valence-electron chi connectivity index (χ0n) is 11.4. The van der Waals surface area contributed by atoms with Gasteiger partial charge in [-0.3, -0.25) is 4.90 Å². The molecule has 0 aromatic rings. The molecule has 0 aromatic heterocycles. The lowest BCUT2D eigenvalue weighted by atomic mass is 9.75. The number of rotatable bonds is 2. The van der Waals surface area contributed by atoms with Crippen LogP contribution in [0.15, 0.2) is 0 Å². The smallest absolute Gasteiger partial charge is 0.0625 e. The van der Waals surface area contributed by atoms with E-state index in [4.69, 9.17) is 5.26 Å². The van der Waals surface area contributed by atoms with Gasteiger partial charge in [-0.15, -0.1) is 0 Å². The highest BCUT2D eigenvalue weighted by molar-refractivity contribution is 4.98. The first-order valence-electron chi connectivity index (χ1n) is 7.30. The van der Waals surface area contributed by atoms with E-state index in [9.17, 15) is 0 Å². The van der Waals surface area contributed by atoms with Gasteiger partial charge in [0.15, 0.2) is 0 Å². The summed E-state index contributed by atoms with van der Waals surface area (Å²) in [4.78, 5) is 2.73. The van der Waals surface area contributed by atoms with Gasteiger partial charge in [0, 0.05) is 18.0 Å². The van der Waals surface area contributed by atoms with Gasteiger partial charge in [0.05, 0.1) is 6.07 Å². The first-order chi connectivity index (χ1) is 8.16. The van der Waals surface area contributed by atoms with Crippen molar-refractivity contribution in [3.8, 4) is 6.07 Å². The topological polar surface area (TPSA) is 27.0 Å². The molecule has 1 atom stereocenters. The summed E-state index contributed by atoms with van der Waals surface area (Å²) in [5, 5.41) is 8.98. The number of nitrogens with zero attached hydrogens (tertiary/aromatic N) is 2. The molecule has 1 saturated heterocycles. The minimum absolute atomic E-state index is 0.232. The van der Waals surface area contributed by atoms with Crippen LogP contribution in [0.4, 0.5) is 0 Å². The molecule has 2 fully saturated rings. The monoisotopic (exact) mass is 234 g/mol. The van der Waals surface area contributed by atoms with E-state index in [1.807, 2.05) is 0 Å². The Kier molecular flexibility index (Phi) is 4.09. The quantitative estimate of drug-likeness (QED) is 0.728. The van der Waals surface area contributed by atoms with Crippen LogP contribution in [0.5, 0.6) is 0 Å². The number of nitriles is 1. The van der Waals surface area contributed by atoms with E-state index < -0.39 is 0 Å². The van der Waals surface area contributed by atoms with Crippen molar-refractivity contribution in [1.82, 2.24) is 4.90 Å². The second-order valence-electron chi connectivity index (χ2n) is 6.34. The summed E-state index contributed by atoms with van der Waals surface area (Å²) in [6.45, 7) is 5.98. The van der Waals surface area contributed by atoms with E-state index in [1.165, 1.54) is 51.5 Å². The Bertz CT molecular complexity index is 284. The van der Waals surface area contributed by atoms with Gasteiger partial charge in [0.1, 0.15) is 0 Å². The van der Waals surface area contributed by atoms with Gasteiger partial charge in [-0.1, -0.05) is 19.3 Å². The molecule has 2 heteroatoms. The van der Waals surface area contributed by atoms with E-state index in [-0.39, 0.29) is 5.54 Å². The van der Waals surface area contributed by atoms with Crippen molar-refractivity contribution in [2.75, 3.05) is 6.54 Å². The third-order valence-electron chi connectivity index (χ3n) is 5.04. The lowest BCUT2D eigenvalue weighted by Gasteiger charge is -2.52. The average molecular weight is 234 g/mol. The number of hydrogen-bond acceptors (Lipinski definition) is 2. The van der Waals surface area contributed by atoms with Crippen LogP contribution in [0.25, 0.3) is 0 Å². The van der Waals surface area contributed by atoms with Crippen molar-refractivity contribution in [2.45, 2.75) is 76.8 Å². The molecule has 0 amide bonds. The Morgan fingerprint density at radius 3 is 2.47 bits per heavy atom. The fourth-order valence-electron chi connectivity index (χ4n) is 3.89. The van der Waals surface area contributed by atoms with E-state index in [0.29, 0.717) is 5.92 Å². The molecule has 2 nitrogen and oxygen atoms in total. The SMILES string of the molecule is CC1(C)C(CC#N)CCCN1C1CCCCC1. The minimum atomic E-state index is 0.232. The normalized spacial score (nSPS) is 31.0. The predicted octanol–water partition coefficient (Wildman–Crippen LogP) is 3.72. The van der Waals surface area contributed by atoms with Gasteiger partial charge in [-0.25, -0.2) is 0 Å². The molecule has 0 N–H and O–H groups in total. The molecule has 0 bridgehead atoms. The van der Waals surface area contributed by atoms with Crippen LogP contribution in [0, 0.1) is 17.2 Å². The van der Waals surface area contributed by atoms with Crippen LogP contribution in [-0.4, -0.2) is 23.0 Å². The number of hydrogen-bond donors (Lipinski definition) is 0. The Morgan fingerprint density at radius 2 is 1.82 bits per heavy atom. The van der Waals surface area contributed by atoms with Crippen LogP contribution in [0.2, 0.25) is 0 Å². The third kappa shape index (κ3) is 2.65. The maximum Gasteiger partial charge on any atom is 0.0625 e. The first kappa shape index (κ1) is 12.9. The third-order valence-corrected chi connectivity index (χ3v) is 5.04. The zero-order chi connectivity index (χ0) is 12.3. The second-order valence-corrected chi connectivity index (χ2v) is 6.34. The van der Waals surface area contributed by atoms with Crippen molar-refractivity contribution in [3.05, 3.63) is 0 Å². The van der Waals surface area contributed by atoms with Gasteiger partial charge in [0.2, 0.25) is 0 Å². The first-order valence-corrected chi connectivity index (χ1v) is 7.30. The molecule has 1 heterocycles. The maximum atomic E-state index is 8.98. The Labute approximate surface area is 106 Å². The number of likely N-dealkylation sites (tertiary alicyclic amines) is 1. The highest BCUT2D eigenvalue weighted by atomic mass is 15.2. The Balaban J connectivity index is 2.07. The van der Waals surface area contributed by atoms with Crippen LogP contribution in [0.3, 0.4) is 0 Å². The summed E-state index contributed by atoms with van der Waals surface area (Å²) in [6, 6.07) is 3.18. The molecular weight excluding hydrogens is 208 g/mol. The van der Waals surface area contributed by atoms with Crippen molar-refractivity contribution in [3.63, 3.8) is 0 Å². The van der Waals surface area contributed by atoms with Gasteiger partial charge in [-0.05, 0) is 52.0 Å². The molecular formula is C15H26N2. The van der Waals surface area contributed by atoms with Crippen LogP contribution < -0.4 is 0 Å². The van der Waals surface area contributed by atoms with Gasteiger partial charge >= 0.3 is 0 Å². The molecule has 0 spiro atoms. The standard InChI is InChI=1S/C15H26N2/c1-15(2)13(10-11-16)7-6-12-17(15)14-8-4-3-5-9-14/h13-14H,3-10,12H2,1-2H3. The highest BCUT2D eigenvalue weighted by Crippen LogP contribution is 2.39. The summed E-state index contributed by atoms with van der Waals surface area (Å²) in [6.07, 6.45) is 10.2. The molecule has 1 saturated carbocycles. The summed E-state index contributed by atoms with van der Waals surface area (Å²) >= 11 is 0. The molecule has 96 valence electrons. The van der Waals surface area contributed by atoms with Gasteiger partial charge in [0.25, 0.3) is 0 Å². The minimum Gasteiger partial charge on any atom is -0.295 e. The van der Waals surface area contributed by atoms with Gasteiger partial charge < -0.3 is 0 Å². The largest absolute Gasteiger partial charge is 0.295 e. The molecule has 1 aliphatic heterocycles. The summed E-state index contributed by atoms with van der Waals surface area (Å²) in [5.41, 5.74) is 0.232.